The molecule has 0 saturated carbocycles. The second-order valence-electron chi connectivity index (χ2n) is 6.91. The van der Waals surface area contributed by atoms with Crippen LogP contribution in [0.5, 0.6) is 0 Å². The van der Waals surface area contributed by atoms with Gasteiger partial charge in [0.15, 0.2) is 0 Å². The van der Waals surface area contributed by atoms with Gasteiger partial charge in [0, 0.05) is 6.42 Å². The van der Waals surface area contributed by atoms with Crippen LogP contribution in [0.4, 0.5) is 0 Å². The summed E-state index contributed by atoms with van der Waals surface area (Å²) in [7, 11) is -1.80. The van der Waals surface area contributed by atoms with Crippen LogP contribution in [-0.4, -0.2) is 8.32 Å². The molecule has 2 heteroatoms. The van der Waals surface area contributed by atoms with E-state index in [1.54, 1.807) is 0 Å². The Labute approximate surface area is 125 Å². The van der Waals surface area contributed by atoms with Crippen molar-refractivity contribution in [3.63, 3.8) is 0 Å². The molecule has 0 bridgehead atoms. The lowest BCUT2D eigenvalue weighted by Crippen LogP contribution is -2.47. The minimum Gasteiger partial charge on any atom is -0.545 e. The van der Waals surface area contributed by atoms with E-state index >= 15 is 0 Å². The van der Waals surface area contributed by atoms with Gasteiger partial charge in [0.25, 0.3) is 8.32 Å². The van der Waals surface area contributed by atoms with E-state index in [0.717, 1.165) is 6.42 Å². The first kappa shape index (κ1) is 15.4. The Bertz CT molecular complexity index is 478. The third-order valence-electron chi connectivity index (χ3n) is 4.75. The van der Waals surface area contributed by atoms with E-state index in [1.165, 1.54) is 16.9 Å². The van der Waals surface area contributed by atoms with Crippen LogP contribution in [0, 0.1) is 0 Å². The van der Waals surface area contributed by atoms with Crippen LogP contribution in [0.25, 0.3) is 6.08 Å². The summed E-state index contributed by atoms with van der Waals surface area (Å²) in [5, 5.41) is 0. The van der Waals surface area contributed by atoms with Crippen LogP contribution in [-0.2, 0) is 10.8 Å². The molecule has 0 amide bonds. The summed E-state index contributed by atoms with van der Waals surface area (Å²) in [5.41, 5.74) is 4.63. The molecule has 0 radical (unpaired) electrons. The predicted octanol–water partition coefficient (Wildman–Crippen LogP) is 5.78. The largest absolute Gasteiger partial charge is 0.545 e. The van der Waals surface area contributed by atoms with Gasteiger partial charge in [-0.3, -0.25) is 0 Å². The summed E-state index contributed by atoms with van der Waals surface area (Å²) in [4.78, 5) is 0. The highest BCUT2D eigenvalue weighted by atomic mass is 28.4. The van der Waals surface area contributed by atoms with Gasteiger partial charge in [0.05, 0.1) is 5.76 Å². The molecule has 1 aliphatic carbocycles. The first-order chi connectivity index (χ1) is 9.37. The topological polar surface area (TPSA) is 9.23 Å². The molecule has 2 rings (SSSR count). The van der Waals surface area contributed by atoms with Gasteiger partial charge >= 0.3 is 0 Å². The maximum atomic E-state index is 6.77. The summed E-state index contributed by atoms with van der Waals surface area (Å²) < 4.78 is 6.77. The van der Waals surface area contributed by atoms with Crippen molar-refractivity contribution >= 4 is 14.4 Å². The molecular weight excluding hydrogens is 260 g/mol. The molecule has 1 aromatic rings. The second kappa shape index (κ2) is 5.77. The maximum Gasteiger partial charge on any atom is 0.258 e. The van der Waals surface area contributed by atoms with Gasteiger partial charge in [0.2, 0.25) is 0 Å². The van der Waals surface area contributed by atoms with E-state index in [0.29, 0.717) is 16.6 Å². The van der Waals surface area contributed by atoms with E-state index in [9.17, 15) is 0 Å². The molecule has 0 aromatic heterocycles. The molecule has 0 heterocycles. The number of hydrogen-bond acceptors (Lipinski definition) is 1. The monoisotopic (exact) mass is 288 g/mol. The molecule has 20 heavy (non-hydrogen) atoms. The number of benzene rings is 1. The molecule has 1 aromatic carbocycles. The summed E-state index contributed by atoms with van der Waals surface area (Å²) in [6.45, 7) is 14.1. The lowest BCUT2D eigenvalue weighted by Gasteiger charge is -2.42. The zero-order chi connectivity index (χ0) is 14.9. The normalized spacial score (nSPS) is 14.9. The predicted molar refractivity (Wildman–Crippen MR) is 90.3 cm³/mol. The molecule has 1 aliphatic rings. The van der Waals surface area contributed by atoms with Crippen molar-refractivity contribution in [2.75, 3.05) is 0 Å². The molecule has 110 valence electrons. The molecule has 0 aliphatic heterocycles. The quantitative estimate of drug-likeness (QED) is 0.624. The molecule has 0 spiro atoms. The molecule has 0 atom stereocenters. The SMILES string of the molecule is CC(C)[Si](OC1=Cc2ccccc2C1)(C(C)C)C(C)C. The van der Waals surface area contributed by atoms with Gasteiger partial charge < -0.3 is 4.43 Å². The minimum atomic E-state index is -1.80. The highest BCUT2D eigenvalue weighted by Gasteiger charge is 2.47. The van der Waals surface area contributed by atoms with Crippen molar-refractivity contribution in [3.05, 3.63) is 41.2 Å². The summed E-state index contributed by atoms with van der Waals surface area (Å²) in [5.74, 6) is 1.19. The van der Waals surface area contributed by atoms with Crippen LogP contribution in [0.15, 0.2) is 30.0 Å². The smallest absolute Gasteiger partial charge is 0.258 e. The number of allylic oxidation sites excluding steroid dienone is 1. The minimum absolute atomic E-state index is 0.632. The Balaban J connectivity index is 2.27. The highest BCUT2D eigenvalue weighted by molar-refractivity contribution is 6.77. The van der Waals surface area contributed by atoms with Crippen molar-refractivity contribution < 1.29 is 4.43 Å². The van der Waals surface area contributed by atoms with E-state index in [-0.39, 0.29) is 0 Å². The fourth-order valence-electron chi connectivity index (χ4n) is 3.89. The van der Waals surface area contributed by atoms with Crippen molar-refractivity contribution in [3.8, 4) is 0 Å². The molecule has 0 saturated heterocycles. The zero-order valence-electron chi connectivity index (χ0n) is 13.7. The Morgan fingerprint density at radius 2 is 1.45 bits per heavy atom. The average Bonchev–Trinajstić information content (AvgIpc) is 2.76. The average molecular weight is 289 g/mol. The standard InChI is InChI=1S/C18H28OSi/c1-13(2)20(14(3)4,15(5)6)19-18-11-16-9-7-8-10-17(16)12-18/h7-11,13-15H,12H2,1-6H3. The zero-order valence-corrected chi connectivity index (χ0v) is 14.7. The van der Waals surface area contributed by atoms with E-state index in [2.05, 4.69) is 71.9 Å². The van der Waals surface area contributed by atoms with Crippen molar-refractivity contribution in [2.24, 2.45) is 0 Å². The van der Waals surface area contributed by atoms with Crippen LogP contribution in [0.3, 0.4) is 0 Å². The van der Waals surface area contributed by atoms with Gasteiger partial charge in [-0.25, -0.2) is 0 Å². The van der Waals surface area contributed by atoms with Gasteiger partial charge in [-0.05, 0) is 33.8 Å². The van der Waals surface area contributed by atoms with Gasteiger partial charge in [-0.2, -0.15) is 0 Å². The maximum absolute atomic E-state index is 6.77. The summed E-state index contributed by atoms with van der Waals surface area (Å²) in [6, 6.07) is 8.63. The molecule has 0 unspecified atom stereocenters. The Hall–Kier alpha value is -1.02. The number of hydrogen-bond donors (Lipinski definition) is 0. The Morgan fingerprint density at radius 1 is 0.900 bits per heavy atom. The second-order valence-corrected chi connectivity index (χ2v) is 12.3. The third-order valence-corrected chi connectivity index (χ3v) is 10.8. The summed E-state index contributed by atoms with van der Waals surface area (Å²) in [6.07, 6.45) is 3.22. The highest BCUT2D eigenvalue weighted by Crippen LogP contribution is 2.44. The Morgan fingerprint density at radius 3 is 1.95 bits per heavy atom. The van der Waals surface area contributed by atoms with Crippen LogP contribution in [0.2, 0.25) is 16.6 Å². The number of fused-ring (bicyclic) bond motifs is 1. The third kappa shape index (κ3) is 2.58. The lowest BCUT2D eigenvalue weighted by atomic mass is 10.1. The molecule has 0 fully saturated rings. The van der Waals surface area contributed by atoms with E-state index in [4.69, 9.17) is 4.43 Å². The fraction of sp³-hybridized carbons (Fsp3) is 0.556. The van der Waals surface area contributed by atoms with Gasteiger partial charge in [-0.15, -0.1) is 0 Å². The molecule has 0 N–H and O–H groups in total. The first-order valence-corrected chi connectivity index (χ1v) is 9.99. The van der Waals surface area contributed by atoms with Crippen molar-refractivity contribution in [1.29, 1.82) is 0 Å². The first-order valence-electron chi connectivity index (χ1n) is 7.85. The Kier molecular flexibility index (Phi) is 4.43. The van der Waals surface area contributed by atoms with Crippen molar-refractivity contribution in [1.82, 2.24) is 0 Å². The molecule has 1 nitrogen and oxygen atoms in total. The van der Waals surface area contributed by atoms with E-state index in [1.807, 2.05) is 0 Å². The fourth-order valence-corrected chi connectivity index (χ4v) is 9.19. The van der Waals surface area contributed by atoms with Crippen LogP contribution in [0.1, 0.15) is 52.7 Å². The van der Waals surface area contributed by atoms with Gasteiger partial charge in [0.1, 0.15) is 0 Å². The molecular formula is C18H28OSi. The lowest BCUT2D eigenvalue weighted by molar-refractivity contribution is 0.368. The van der Waals surface area contributed by atoms with Gasteiger partial charge in [-0.1, -0.05) is 65.8 Å². The van der Waals surface area contributed by atoms with Crippen LogP contribution < -0.4 is 0 Å². The summed E-state index contributed by atoms with van der Waals surface area (Å²) >= 11 is 0. The van der Waals surface area contributed by atoms with E-state index < -0.39 is 8.32 Å². The van der Waals surface area contributed by atoms with Crippen molar-refractivity contribution in [2.45, 2.75) is 64.6 Å². The number of rotatable bonds is 5. The van der Waals surface area contributed by atoms with Crippen LogP contribution >= 0.6 is 0 Å².